The zero-order valence-electron chi connectivity index (χ0n) is 13.7. The SMILES string of the molecule is CCCc1nc(NCC)c(C)c(N2CCC(C)C2CO)n1. The minimum absolute atomic E-state index is 0.169. The smallest absolute Gasteiger partial charge is 0.137 e. The first-order chi connectivity index (χ1) is 10.1. The van der Waals surface area contributed by atoms with Gasteiger partial charge in [-0.15, -0.1) is 0 Å². The second kappa shape index (κ2) is 7.07. The molecule has 0 radical (unpaired) electrons. The number of rotatable bonds is 6. The second-order valence-electron chi connectivity index (χ2n) is 5.93. The third kappa shape index (κ3) is 3.28. The summed E-state index contributed by atoms with van der Waals surface area (Å²) in [6, 6.07) is 0.169. The Labute approximate surface area is 127 Å². The number of nitrogens with zero attached hydrogens (tertiary/aromatic N) is 3. The fraction of sp³-hybridized carbons (Fsp3) is 0.750. The molecule has 2 rings (SSSR count). The van der Waals surface area contributed by atoms with Gasteiger partial charge in [0.05, 0.1) is 12.6 Å². The quantitative estimate of drug-likeness (QED) is 0.843. The van der Waals surface area contributed by atoms with Crippen LogP contribution in [0.2, 0.25) is 0 Å². The highest BCUT2D eigenvalue weighted by atomic mass is 16.3. The van der Waals surface area contributed by atoms with Crippen LogP contribution in [0, 0.1) is 12.8 Å². The van der Waals surface area contributed by atoms with Crippen molar-refractivity contribution in [2.75, 3.05) is 29.9 Å². The van der Waals surface area contributed by atoms with Crippen molar-refractivity contribution in [2.45, 2.75) is 53.0 Å². The summed E-state index contributed by atoms with van der Waals surface area (Å²) in [4.78, 5) is 11.7. The summed E-state index contributed by atoms with van der Waals surface area (Å²) in [5.41, 5.74) is 1.09. The van der Waals surface area contributed by atoms with Gasteiger partial charge in [-0.2, -0.15) is 0 Å². The minimum Gasteiger partial charge on any atom is -0.394 e. The molecule has 1 aliphatic rings. The summed E-state index contributed by atoms with van der Waals surface area (Å²) in [6.07, 6.45) is 3.03. The van der Waals surface area contributed by atoms with Crippen LogP contribution in [0.25, 0.3) is 0 Å². The molecular weight excluding hydrogens is 264 g/mol. The zero-order chi connectivity index (χ0) is 15.4. The molecular formula is C16H28N4O. The van der Waals surface area contributed by atoms with Gasteiger partial charge >= 0.3 is 0 Å². The van der Waals surface area contributed by atoms with Crippen molar-refractivity contribution in [3.8, 4) is 0 Å². The highest BCUT2D eigenvalue weighted by molar-refractivity contribution is 5.59. The van der Waals surface area contributed by atoms with E-state index in [4.69, 9.17) is 4.98 Å². The maximum Gasteiger partial charge on any atom is 0.137 e. The van der Waals surface area contributed by atoms with E-state index in [9.17, 15) is 5.11 Å². The maximum atomic E-state index is 9.70. The minimum atomic E-state index is 0.169. The van der Waals surface area contributed by atoms with E-state index in [-0.39, 0.29) is 12.6 Å². The van der Waals surface area contributed by atoms with E-state index in [0.29, 0.717) is 5.92 Å². The Morgan fingerprint density at radius 3 is 2.71 bits per heavy atom. The number of aromatic nitrogens is 2. The van der Waals surface area contributed by atoms with Crippen LogP contribution in [0.4, 0.5) is 11.6 Å². The lowest BCUT2D eigenvalue weighted by Crippen LogP contribution is -2.36. The first kappa shape index (κ1) is 16.0. The molecule has 2 N–H and O–H groups in total. The second-order valence-corrected chi connectivity index (χ2v) is 5.93. The molecule has 2 heterocycles. The lowest BCUT2D eigenvalue weighted by atomic mass is 10.0. The van der Waals surface area contributed by atoms with Crippen LogP contribution in [0.1, 0.15) is 45.0 Å². The number of hydrogen-bond acceptors (Lipinski definition) is 5. The van der Waals surface area contributed by atoms with Crippen LogP contribution in [0.3, 0.4) is 0 Å². The summed E-state index contributed by atoms with van der Waals surface area (Å²) in [7, 11) is 0. The number of aliphatic hydroxyl groups is 1. The van der Waals surface area contributed by atoms with Gasteiger partial charge in [0, 0.05) is 25.1 Å². The highest BCUT2D eigenvalue weighted by Crippen LogP contribution is 2.32. The average Bonchev–Trinajstić information content (AvgIpc) is 2.83. The molecule has 2 atom stereocenters. The Hall–Kier alpha value is -1.36. The molecule has 1 fully saturated rings. The Morgan fingerprint density at radius 2 is 2.10 bits per heavy atom. The summed E-state index contributed by atoms with van der Waals surface area (Å²) in [6.45, 7) is 10.5. The van der Waals surface area contributed by atoms with Crippen molar-refractivity contribution in [1.29, 1.82) is 0 Å². The van der Waals surface area contributed by atoms with Crippen LogP contribution in [-0.4, -0.2) is 40.8 Å². The van der Waals surface area contributed by atoms with Gasteiger partial charge < -0.3 is 15.3 Å². The van der Waals surface area contributed by atoms with Crippen molar-refractivity contribution in [1.82, 2.24) is 9.97 Å². The Bertz CT molecular complexity index is 478. The molecule has 5 nitrogen and oxygen atoms in total. The number of nitrogens with one attached hydrogen (secondary N) is 1. The standard InChI is InChI=1S/C16H28N4O/c1-5-7-14-18-15(17-6-2)12(4)16(19-14)20-9-8-11(3)13(20)10-21/h11,13,21H,5-10H2,1-4H3,(H,17,18,19). The van der Waals surface area contributed by atoms with Crippen molar-refractivity contribution < 1.29 is 5.11 Å². The van der Waals surface area contributed by atoms with E-state index in [2.05, 4.69) is 42.9 Å². The van der Waals surface area contributed by atoms with Gasteiger partial charge in [0.2, 0.25) is 0 Å². The molecule has 0 aromatic carbocycles. The summed E-state index contributed by atoms with van der Waals surface area (Å²) >= 11 is 0. The van der Waals surface area contributed by atoms with Gasteiger partial charge in [-0.3, -0.25) is 0 Å². The van der Waals surface area contributed by atoms with E-state index in [1.54, 1.807) is 0 Å². The monoisotopic (exact) mass is 292 g/mol. The Kier molecular flexibility index (Phi) is 5.39. The van der Waals surface area contributed by atoms with E-state index in [0.717, 1.165) is 55.4 Å². The molecule has 2 unspecified atom stereocenters. The molecule has 0 saturated carbocycles. The van der Waals surface area contributed by atoms with Crippen molar-refractivity contribution in [3.63, 3.8) is 0 Å². The van der Waals surface area contributed by atoms with E-state index >= 15 is 0 Å². The molecule has 21 heavy (non-hydrogen) atoms. The van der Waals surface area contributed by atoms with Gasteiger partial charge in [-0.05, 0) is 32.6 Å². The average molecular weight is 292 g/mol. The molecule has 0 bridgehead atoms. The molecule has 0 amide bonds. The predicted molar refractivity (Wildman–Crippen MR) is 86.9 cm³/mol. The maximum absolute atomic E-state index is 9.70. The lowest BCUT2D eigenvalue weighted by molar-refractivity contribution is 0.244. The van der Waals surface area contributed by atoms with Gasteiger partial charge in [-0.25, -0.2) is 9.97 Å². The van der Waals surface area contributed by atoms with E-state index in [1.807, 2.05) is 0 Å². The topological polar surface area (TPSA) is 61.3 Å². The van der Waals surface area contributed by atoms with Crippen molar-refractivity contribution >= 4 is 11.6 Å². The van der Waals surface area contributed by atoms with Gasteiger partial charge in [0.25, 0.3) is 0 Å². The molecule has 0 spiro atoms. The molecule has 1 aromatic heterocycles. The number of hydrogen-bond donors (Lipinski definition) is 2. The third-order valence-electron chi connectivity index (χ3n) is 4.33. The van der Waals surface area contributed by atoms with Crippen LogP contribution in [0.15, 0.2) is 0 Å². The van der Waals surface area contributed by atoms with Gasteiger partial charge in [0.15, 0.2) is 0 Å². The number of anilines is 2. The fourth-order valence-corrected chi connectivity index (χ4v) is 3.05. The highest BCUT2D eigenvalue weighted by Gasteiger charge is 2.33. The Morgan fingerprint density at radius 1 is 1.33 bits per heavy atom. The van der Waals surface area contributed by atoms with Crippen LogP contribution in [0.5, 0.6) is 0 Å². The molecule has 0 aliphatic carbocycles. The van der Waals surface area contributed by atoms with Crippen molar-refractivity contribution in [3.05, 3.63) is 11.4 Å². The molecule has 118 valence electrons. The lowest BCUT2D eigenvalue weighted by Gasteiger charge is -2.28. The van der Waals surface area contributed by atoms with Crippen LogP contribution < -0.4 is 10.2 Å². The molecule has 1 saturated heterocycles. The Balaban J connectivity index is 2.41. The first-order valence-electron chi connectivity index (χ1n) is 8.11. The summed E-state index contributed by atoms with van der Waals surface area (Å²) in [5, 5.41) is 13.0. The molecule has 1 aromatic rings. The normalized spacial score (nSPS) is 21.9. The summed E-state index contributed by atoms with van der Waals surface area (Å²) in [5.74, 6) is 3.32. The van der Waals surface area contributed by atoms with E-state index in [1.165, 1.54) is 0 Å². The van der Waals surface area contributed by atoms with Crippen molar-refractivity contribution in [2.24, 2.45) is 5.92 Å². The third-order valence-corrected chi connectivity index (χ3v) is 4.33. The molecule has 5 heteroatoms. The number of aryl methyl sites for hydroxylation is 1. The van der Waals surface area contributed by atoms with Gasteiger partial charge in [0.1, 0.15) is 17.5 Å². The number of aliphatic hydroxyl groups excluding tert-OH is 1. The van der Waals surface area contributed by atoms with Crippen LogP contribution in [-0.2, 0) is 6.42 Å². The largest absolute Gasteiger partial charge is 0.394 e. The van der Waals surface area contributed by atoms with Crippen LogP contribution >= 0.6 is 0 Å². The first-order valence-corrected chi connectivity index (χ1v) is 8.11. The van der Waals surface area contributed by atoms with E-state index < -0.39 is 0 Å². The summed E-state index contributed by atoms with van der Waals surface area (Å²) < 4.78 is 0. The zero-order valence-corrected chi connectivity index (χ0v) is 13.7. The van der Waals surface area contributed by atoms with Gasteiger partial charge in [-0.1, -0.05) is 13.8 Å². The molecule has 1 aliphatic heterocycles. The predicted octanol–water partition coefficient (Wildman–Crippen LogP) is 2.38. The fourth-order valence-electron chi connectivity index (χ4n) is 3.05.